The summed E-state index contributed by atoms with van der Waals surface area (Å²) in [4.78, 5) is 27.4. The summed E-state index contributed by atoms with van der Waals surface area (Å²) in [5, 5.41) is 2.85. The minimum atomic E-state index is -3.62. The Kier molecular flexibility index (Phi) is 9.61. The van der Waals surface area contributed by atoms with Gasteiger partial charge in [-0.05, 0) is 69.5 Å². The normalized spacial score (nSPS) is 12.3. The average Bonchev–Trinajstić information content (AvgIpc) is 2.75. The van der Waals surface area contributed by atoms with Crippen LogP contribution < -0.4 is 9.62 Å². The lowest BCUT2D eigenvalue weighted by atomic mass is 10.1. The third kappa shape index (κ3) is 7.83. The molecule has 0 radical (unpaired) electrons. The summed E-state index contributed by atoms with van der Waals surface area (Å²) in [6.45, 7) is 7.67. The van der Waals surface area contributed by atoms with Crippen LogP contribution in [-0.4, -0.2) is 50.0 Å². The van der Waals surface area contributed by atoms with Gasteiger partial charge in [-0.15, -0.1) is 0 Å². The molecule has 0 saturated carbocycles. The summed E-state index contributed by atoms with van der Waals surface area (Å²) < 4.78 is 39.0. The van der Waals surface area contributed by atoms with Crippen molar-refractivity contribution in [2.24, 2.45) is 0 Å². The molecule has 0 saturated heterocycles. The van der Waals surface area contributed by atoms with E-state index in [1.807, 2.05) is 45.0 Å². The van der Waals surface area contributed by atoms with Crippen LogP contribution in [0.1, 0.15) is 44.7 Å². The summed E-state index contributed by atoms with van der Waals surface area (Å²) in [6, 6.07) is 12.1. The number of nitrogens with one attached hydrogen (secondary N) is 1. The van der Waals surface area contributed by atoms with Crippen molar-refractivity contribution in [3.05, 3.63) is 65.5 Å². The van der Waals surface area contributed by atoms with Crippen molar-refractivity contribution >= 4 is 27.5 Å². The summed E-state index contributed by atoms with van der Waals surface area (Å²) in [5.74, 6) is -0.962. The van der Waals surface area contributed by atoms with E-state index in [2.05, 4.69) is 5.32 Å². The van der Waals surface area contributed by atoms with E-state index in [1.54, 1.807) is 6.92 Å². The zero-order valence-corrected chi connectivity index (χ0v) is 21.2. The molecule has 2 rings (SSSR count). The number of nitrogens with zero attached hydrogens (tertiary/aromatic N) is 2. The third-order valence-electron chi connectivity index (χ3n) is 5.47. The van der Waals surface area contributed by atoms with Gasteiger partial charge in [0.2, 0.25) is 21.8 Å². The number of hydrogen-bond donors (Lipinski definition) is 1. The van der Waals surface area contributed by atoms with Crippen molar-refractivity contribution in [2.45, 2.75) is 59.2 Å². The number of halogens is 1. The highest BCUT2D eigenvalue weighted by Crippen LogP contribution is 2.20. The number of aryl methyl sites for hydroxylation is 1. The lowest BCUT2D eigenvalue weighted by Crippen LogP contribution is -2.49. The monoisotopic (exact) mass is 491 g/mol. The Labute approximate surface area is 202 Å². The van der Waals surface area contributed by atoms with Gasteiger partial charge < -0.3 is 10.2 Å². The standard InChI is InChI=1S/C25H34FN3O4S/c1-18(2)27-25(31)20(4)28(17-21-10-7-6-9-19(21)3)24(30)11-8-16-29(34(5,32)33)23-14-12-22(26)13-15-23/h6-7,9-10,12-15,18,20H,8,11,16-17H2,1-5H3,(H,27,31). The first-order valence-corrected chi connectivity index (χ1v) is 13.1. The minimum absolute atomic E-state index is 0.0540. The summed E-state index contributed by atoms with van der Waals surface area (Å²) in [7, 11) is -3.62. The number of benzene rings is 2. The molecule has 0 aliphatic carbocycles. The Hall–Kier alpha value is -2.94. The highest BCUT2D eigenvalue weighted by atomic mass is 32.2. The number of carbonyl (C=O) groups excluding carboxylic acids is 2. The second kappa shape index (κ2) is 12.0. The van der Waals surface area contributed by atoms with Gasteiger partial charge in [-0.2, -0.15) is 0 Å². The van der Waals surface area contributed by atoms with Gasteiger partial charge in [-0.25, -0.2) is 12.8 Å². The average molecular weight is 492 g/mol. The second-order valence-corrected chi connectivity index (χ2v) is 10.6. The fourth-order valence-electron chi connectivity index (χ4n) is 3.57. The van der Waals surface area contributed by atoms with Gasteiger partial charge >= 0.3 is 0 Å². The van der Waals surface area contributed by atoms with Crippen LogP contribution in [0.25, 0.3) is 0 Å². The van der Waals surface area contributed by atoms with Gasteiger partial charge in [0, 0.05) is 25.6 Å². The predicted octanol–water partition coefficient (Wildman–Crippen LogP) is 3.62. The molecule has 1 N–H and O–H groups in total. The summed E-state index contributed by atoms with van der Waals surface area (Å²) >= 11 is 0. The molecule has 0 aromatic heterocycles. The second-order valence-electron chi connectivity index (χ2n) is 8.70. The SMILES string of the molecule is Cc1ccccc1CN(C(=O)CCCN(c1ccc(F)cc1)S(C)(=O)=O)C(C)C(=O)NC(C)C. The van der Waals surface area contributed by atoms with E-state index in [-0.39, 0.29) is 43.8 Å². The molecule has 2 aromatic rings. The molecule has 34 heavy (non-hydrogen) atoms. The number of amides is 2. The maximum atomic E-state index is 13.3. The van der Waals surface area contributed by atoms with Crippen LogP contribution in [0.4, 0.5) is 10.1 Å². The van der Waals surface area contributed by atoms with E-state index < -0.39 is 21.9 Å². The van der Waals surface area contributed by atoms with E-state index in [1.165, 1.54) is 29.2 Å². The van der Waals surface area contributed by atoms with Gasteiger partial charge in [-0.3, -0.25) is 13.9 Å². The van der Waals surface area contributed by atoms with Crippen LogP contribution in [0.5, 0.6) is 0 Å². The van der Waals surface area contributed by atoms with Crippen LogP contribution in [0.3, 0.4) is 0 Å². The zero-order valence-electron chi connectivity index (χ0n) is 20.4. The molecule has 0 spiro atoms. The molecule has 1 unspecified atom stereocenters. The van der Waals surface area contributed by atoms with Crippen LogP contribution >= 0.6 is 0 Å². The molecule has 2 aromatic carbocycles. The van der Waals surface area contributed by atoms with Gasteiger partial charge in [0.25, 0.3) is 0 Å². The lowest BCUT2D eigenvalue weighted by molar-refractivity contribution is -0.140. The lowest BCUT2D eigenvalue weighted by Gasteiger charge is -2.30. The van der Waals surface area contributed by atoms with Crippen LogP contribution in [0, 0.1) is 12.7 Å². The highest BCUT2D eigenvalue weighted by molar-refractivity contribution is 7.92. The number of hydrogen-bond acceptors (Lipinski definition) is 4. The Balaban J connectivity index is 2.17. The number of carbonyl (C=O) groups is 2. The number of sulfonamides is 1. The first-order valence-electron chi connectivity index (χ1n) is 11.3. The molecule has 7 nitrogen and oxygen atoms in total. The van der Waals surface area contributed by atoms with Gasteiger partial charge in [-0.1, -0.05) is 24.3 Å². The summed E-state index contributed by atoms with van der Waals surface area (Å²) in [5.41, 5.74) is 2.28. The van der Waals surface area contributed by atoms with Crippen LogP contribution in [-0.2, 0) is 26.2 Å². The van der Waals surface area contributed by atoms with E-state index in [0.29, 0.717) is 5.69 Å². The molecule has 0 aliphatic heterocycles. The summed E-state index contributed by atoms with van der Waals surface area (Å²) in [6.07, 6.45) is 1.37. The van der Waals surface area contributed by atoms with Crippen LogP contribution in [0.15, 0.2) is 48.5 Å². The Morgan fingerprint density at radius 3 is 2.21 bits per heavy atom. The van der Waals surface area contributed by atoms with E-state index in [9.17, 15) is 22.4 Å². The van der Waals surface area contributed by atoms with Gasteiger partial charge in [0.15, 0.2) is 0 Å². The molecule has 2 amide bonds. The molecule has 0 aliphatic rings. The molecule has 0 heterocycles. The van der Waals surface area contributed by atoms with E-state index >= 15 is 0 Å². The Morgan fingerprint density at radius 2 is 1.65 bits per heavy atom. The first kappa shape index (κ1) is 27.3. The van der Waals surface area contributed by atoms with Crippen LogP contribution in [0.2, 0.25) is 0 Å². The van der Waals surface area contributed by atoms with Gasteiger partial charge in [0.05, 0.1) is 11.9 Å². The molecule has 186 valence electrons. The van der Waals surface area contributed by atoms with Crippen molar-refractivity contribution < 1.29 is 22.4 Å². The highest BCUT2D eigenvalue weighted by Gasteiger charge is 2.27. The predicted molar refractivity (Wildman–Crippen MR) is 132 cm³/mol. The largest absolute Gasteiger partial charge is 0.352 e. The zero-order chi connectivity index (χ0) is 25.5. The quantitative estimate of drug-likeness (QED) is 0.520. The van der Waals surface area contributed by atoms with E-state index in [4.69, 9.17) is 0 Å². The molecule has 0 fully saturated rings. The van der Waals surface area contributed by atoms with E-state index in [0.717, 1.165) is 21.7 Å². The van der Waals surface area contributed by atoms with Crippen molar-refractivity contribution in [3.8, 4) is 0 Å². The smallest absolute Gasteiger partial charge is 0.242 e. The fourth-order valence-corrected chi connectivity index (χ4v) is 4.54. The van der Waals surface area contributed by atoms with Gasteiger partial charge in [0.1, 0.15) is 11.9 Å². The molecule has 1 atom stereocenters. The molecule has 0 bridgehead atoms. The maximum Gasteiger partial charge on any atom is 0.242 e. The Morgan fingerprint density at radius 1 is 1.03 bits per heavy atom. The molecule has 9 heteroatoms. The minimum Gasteiger partial charge on any atom is -0.352 e. The van der Waals surface area contributed by atoms with Crippen molar-refractivity contribution in [1.82, 2.24) is 10.2 Å². The van der Waals surface area contributed by atoms with Crippen molar-refractivity contribution in [1.29, 1.82) is 0 Å². The molecular weight excluding hydrogens is 457 g/mol. The fraction of sp³-hybridized carbons (Fsp3) is 0.440. The molecular formula is C25H34FN3O4S. The van der Waals surface area contributed by atoms with Crippen molar-refractivity contribution in [2.75, 3.05) is 17.1 Å². The van der Waals surface area contributed by atoms with Crippen molar-refractivity contribution in [3.63, 3.8) is 0 Å². The maximum absolute atomic E-state index is 13.3. The third-order valence-corrected chi connectivity index (χ3v) is 6.66. The number of rotatable bonds is 11. The Bertz CT molecular complexity index is 1090. The first-order chi connectivity index (χ1) is 15.9. The topological polar surface area (TPSA) is 86.8 Å². The number of anilines is 1.